The van der Waals surface area contributed by atoms with Gasteiger partial charge in [0.2, 0.25) is 0 Å². The maximum atomic E-state index is 14.8. The van der Waals surface area contributed by atoms with Gasteiger partial charge in [-0.2, -0.15) is 5.10 Å². The van der Waals surface area contributed by atoms with E-state index in [4.69, 9.17) is 9.47 Å². The standard InChI is InChI=1S/C16H24F2N4O3/c1-11-13-12(21-20-11)4-3-7-22(13)14(23)19-10-16(17,18)15(24-2)5-8-25-9-6-15/h3-10H2,1-2H3,(H,19,23)(H,20,21). The van der Waals surface area contributed by atoms with E-state index in [9.17, 15) is 13.6 Å². The quantitative estimate of drug-likeness (QED) is 0.863. The summed E-state index contributed by atoms with van der Waals surface area (Å²) in [7, 11) is 1.28. The smallest absolute Gasteiger partial charge is 0.322 e. The van der Waals surface area contributed by atoms with Gasteiger partial charge >= 0.3 is 6.03 Å². The van der Waals surface area contributed by atoms with Crippen LogP contribution < -0.4 is 10.2 Å². The molecule has 0 saturated carbocycles. The molecule has 2 aliphatic rings. The zero-order valence-corrected chi connectivity index (χ0v) is 14.5. The van der Waals surface area contributed by atoms with Crippen molar-refractivity contribution in [1.29, 1.82) is 0 Å². The number of alkyl halides is 2. The number of methoxy groups -OCH3 is 1. The molecule has 25 heavy (non-hydrogen) atoms. The molecule has 0 unspecified atom stereocenters. The molecule has 9 heteroatoms. The van der Waals surface area contributed by atoms with Crippen LogP contribution in [0, 0.1) is 6.92 Å². The van der Waals surface area contributed by atoms with E-state index >= 15 is 0 Å². The summed E-state index contributed by atoms with van der Waals surface area (Å²) in [6.45, 7) is 1.96. The Hall–Kier alpha value is -1.74. The van der Waals surface area contributed by atoms with E-state index in [-0.39, 0.29) is 26.1 Å². The first-order chi connectivity index (χ1) is 11.9. The number of aromatic amines is 1. The number of nitrogens with one attached hydrogen (secondary N) is 2. The largest absolute Gasteiger partial charge is 0.381 e. The topological polar surface area (TPSA) is 79.5 Å². The molecule has 1 saturated heterocycles. The summed E-state index contributed by atoms with van der Waals surface area (Å²) in [5, 5.41) is 9.40. The van der Waals surface area contributed by atoms with Gasteiger partial charge in [0.05, 0.1) is 23.6 Å². The lowest BCUT2D eigenvalue weighted by molar-refractivity contribution is -0.223. The molecule has 2 N–H and O–H groups in total. The van der Waals surface area contributed by atoms with E-state index in [1.807, 2.05) is 6.92 Å². The molecule has 0 bridgehead atoms. The highest BCUT2D eigenvalue weighted by Crippen LogP contribution is 2.39. The number of carbonyl (C=O) groups is 1. The first-order valence-corrected chi connectivity index (χ1v) is 8.50. The van der Waals surface area contributed by atoms with Gasteiger partial charge in [0, 0.05) is 39.7 Å². The molecule has 1 fully saturated rings. The fraction of sp³-hybridized carbons (Fsp3) is 0.750. The van der Waals surface area contributed by atoms with Gasteiger partial charge in [-0.1, -0.05) is 0 Å². The van der Waals surface area contributed by atoms with Crippen LogP contribution in [0.5, 0.6) is 0 Å². The number of fused-ring (bicyclic) bond motifs is 1. The van der Waals surface area contributed by atoms with Crippen LogP contribution in [0.1, 0.15) is 30.7 Å². The summed E-state index contributed by atoms with van der Waals surface area (Å²) in [5.41, 5.74) is 0.648. The Labute approximate surface area is 145 Å². The lowest BCUT2D eigenvalue weighted by atomic mass is 9.87. The van der Waals surface area contributed by atoms with Crippen LogP contribution >= 0.6 is 0 Å². The Kier molecular flexibility index (Phi) is 4.97. The van der Waals surface area contributed by atoms with Gasteiger partial charge in [-0.25, -0.2) is 13.6 Å². The number of aromatic nitrogens is 2. The van der Waals surface area contributed by atoms with Crippen molar-refractivity contribution in [3.63, 3.8) is 0 Å². The predicted octanol–water partition coefficient (Wildman–Crippen LogP) is 2.01. The second-order valence-electron chi connectivity index (χ2n) is 6.57. The summed E-state index contributed by atoms with van der Waals surface area (Å²) in [6, 6.07) is -0.538. The molecular formula is C16H24F2N4O3. The summed E-state index contributed by atoms with van der Waals surface area (Å²) in [4.78, 5) is 14.0. The summed E-state index contributed by atoms with van der Waals surface area (Å²) >= 11 is 0. The number of hydrogen-bond donors (Lipinski definition) is 2. The molecule has 0 atom stereocenters. The number of amides is 2. The van der Waals surface area contributed by atoms with Crippen molar-refractivity contribution in [3.8, 4) is 0 Å². The van der Waals surface area contributed by atoms with Crippen LogP contribution in [0.4, 0.5) is 19.3 Å². The van der Waals surface area contributed by atoms with E-state index in [0.29, 0.717) is 12.2 Å². The van der Waals surface area contributed by atoms with E-state index < -0.39 is 24.1 Å². The van der Waals surface area contributed by atoms with Crippen molar-refractivity contribution >= 4 is 11.7 Å². The Morgan fingerprint density at radius 1 is 1.48 bits per heavy atom. The lowest BCUT2D eigenvalue weighted by Gasteiger charge is -2.42. The third-order valence-electron chi connectivity index (χ3n) is 5.12. The van der Waals surface area contributed by atoms with E-state index in [1.165, 1.54) is 12.0 Å². The van der Waals surface area contributed by atoms with Crippen molar-refractivity contribution in [3.05, 3.63) is 11.4 Å². The molecule has 3 heterocycles. The Balaban J connectivity index is 1.69. The zero-order chi connectivity index (χ0) is 18.1. The van der Waals surface area contributed by atoms with Gasteiger partial charge in [0.15, 0.2) is 0 Å². The van der Waals surface area contributed by atoms with Gasteiger partial charge in [0.25, 0.3) is 5.92 Å². The lowest BCUT2D eigenvalue weighted by Crippen LogP contribution is -2.59. The van der Waals surface area contributed by atoms with Crippen molar-refractivity contribution in [2.24, 2.45) is 0 Å². The van der Waals surface area contributed by atoms with Crippen LogP contribution in [0.25, 0.3) is 0 Å². The zero-order valence-electron chi connectivity index (χ0n) is 14.5. The summed E-state index contributed by atoms with van der Waals surface area (Å²) < 4.78 is 39.9. The molecule has 3 rings (SSSR count). The molecule has 1 aromatic rings. The third kappa shape index (κ3) is 3.22. The van der Waals surface area contributed by atoms with Crippen molar-refractivity contribution in [1.82, 2.24) is 15.5 Å². The summed E-state index contributed by atoms with van der Waals surface area (Å²) in [6.07, 6.45) is 1.72. The van der Waals surface area contributed by atoms with E-state index in [0.717, 1.165) is 24.2 Å². The van der Waals surface area contributed by atoms with Crippen LogP contribution in [-0.4, -0.2) is 61.2 Å². The normalized spacial score (nSPS) is 20.2. The highest BCUT2D eigenvalue weighted by atomic mass is 19.3. The highest BCUT2D eigenvalue weighted by molar-refractivity contribution is 5.93. The number of anilines is 1. The monoisotopic (exact) mass is 358 g/mol. The highest BCUT2D eigenvalue weighted by Gasteiger charge is 2.55. The Morgan fingerprint density at radius 3 is 2.88 bits per heavy atom. The van der Waals surface area contributed by atoms with E-state index in [2.05, 4.69) is 15.5 Å². The van der Waals surface area contributed by atoms with Crippen LogP contribution in [0.15, 0.2) is 0 Å². The minimum Gasteiger partial charge on any atom is -0.381 e. The number of aryl methyl sites for hydroxylation is 2. The van der Waals surface area contributed by atoms with Crippen LogP contribution in [-0.2, 0) is 15.9 Å². The number of ether oxygens (including phenoxy) is 2. The van der Waals surface area contributed by atoms with Gasteiger partial charge < -0.3 is 14.8 Å². The fourth-order valence-electron chi connectivity index (χ4n) is 3.59. The maximum absolute atomic E-state index is 14.8. The first kappa shape index (κ1) is 18.1. The first-order valence-electron chi connectivity index (χ1n) is 8.50. The molecule has 2 aliphatic heterocycles. The SMILES string of the molecule is COC1(C(F)(F)CNC(=O)N2CCCc3n[nH]c(C)c32)CCOCC1. The minimum atomic E-state index is -3.19. The predicted molar refractivity (Wildman–Crippen MR) is 87.1 cm³/mol. The molecule has 0 aliphatic carbocycles. The van der Waals surface area contributed by atoms with Crippen LogP contribution in [0.3, 0.4) is 0 Å². The number of hydrogen-bond acceptors (Lipinski definition) is 4. The maximum Gasteiger partial charge on any atom is 0.322 e. The number of urea groups is 1. The van der Waals surface area contributed by atoms with Crippen molar-refractivity contribution in [2.75, 3.05) is 38.3 Å². The summed E-state index contributed by atoms with van der Waals surface area (Å²) in [5.74, 6) is -3.19. The molecule has 1 aromatic heterocycles. The average molecular weight is 358 g/mol. The Morgan fingerprint density at radius 2 is 2.20 bits per heavy atom. The molecule has 140 valence electrons. The van der Waals surface area contributed by atoms with Gasteiger partial charge in [-0.15, -0.1) is 0 Å². The fourth-order valence-corrected chi connectivity index (χ4v) is 3.59. The molecular weight excluding hydrogens is 334 g/mol. The van der Waals surface area contributed by atoms with Gasteiger partial charge in [-0.3, -0.25) is 10.00 Å². The van der Waals surface area contributed by atoms with E-state index in [1.54, 1.807) is 0 Å². The second kappa shape index (κ2) is 6.87. The van der Waals surface area contributed by atoms with Gasteiger partial charge in [-0.05, 0) is 19.8 Å². The molecule has 7 nitrogen and oxygen atoms in total. The number of rotatable bonds is 4. The van der Waals surface area contributed by atoms with Crippen molar-refractivity contribution < 1.29 is 23.0 Å². The number of halogens is 2. The second-order valence-corrected chi connectivity index (χ2v) is 6.57. The molecule has 0 radical (unpaired) electrons. The van der Waals surface area contributed by atoms with Gasteiger partial charge in [0.1, 0.15) is 5.60 Å². The average Bonchev–Trinajstić information content (AvgIpc) is 3.01. The molecule has 2 amide bonds. The minimum absolute atomic E-state index is 0.0983. The molecule has 0 spiro atoms. The number of H-pyrrole nitrogens is 1. The van der Waals surface area contributed by atoms with Crippen LogP contribution in [0.2, 0.25) is 0 Å². The third-order valence-corrected chi connectivity index (χ3v) is 5.12. The molecule has 0 aromatic carbocycles. The number of carbonyl (C=O) groups excluding carboxylic acids is 1. The number of nitrogens with zero attached hydrogens (tertiary/aromatic N) is 2. The Bertz CT molecular complexity index is 629. The van der Waals surface area contributed by atoms with Crippen molar-refractivity contribution in [2.45, 2.75) is 44.1 Å².